The van der Waals surface area contributed by atoms with Gasteiger partial charge in [0, 0.05) is 5.56 Å². The van der Waals surface area contributed by atoms with E-state index in [0.29, 0.717) is 5.92 Å². The van der Waals surface area contributed by atoms with Gasteiger partial charge in [-0.25, -0.2) is 0 Å². The van der Waals surface area contributed by atoms with Crippen LogP contribution < -0.4 is 4.74 Å². The molecule has 15 heavy (non-hydrogen) atoms. The molecule has 0 saturated heterocycles. The molecule has 1 heteroatoms. The molecule has 0 aliphatic heterocycles. The minimum atomic E-state index is 0.650. The highest BCUT2D eigenvalue weighted by Gasteiger charge is 2.03. The second-order valence-electron chi connectivity index (χ2n) is 3.66. The Morgan fingerprint density at radius 1 is 1.20 bits per heavy atom. The average molecular weight is 202 g/mol. The molecule has 0 fully saturated rings. The molecular formula is C14H18O. The van der Waals surface area contributed by atoms with E-state index >= 15 is 0 Å². The average Bonchev–Trinajstić information content (AvgIpc) is 2.31. The van der Waals surface area contributed by atoms with Crippen LogP contribution in [0.1, 0.15) is 32.3 Å². The van der Waals surface area contributed by atoms with Crippen LogP contribution in [0.4, 0.5) is 0 Å². The lowest BCUT2D eigenvalue weighted by Crippen LogP contribution is -2.09. The second-order valence-corrected chi connectivity index (χ2v) is 3.66. The zero-order valence-electron chi connectivity index (χ0n) is 9.49. The standard InChI is InChI=1S/C14H18O/c1-4-12(5-2)11-15-14-9-7-13(6-3)8-10-14/h3,7-10,12H,4-5,11H2,1-2H3. The number of rotatable bonds is 5. The van der Waals surface area contributed by atoms with Crippen molar-refractivity contribution in [3.63, 3.8) is 0 Å². The van der Waals surface area contributed by atoms with Crippen LogP contribution in [0, 0.1) is 18.3 Å². The van der Waals surface area contributed by atoms with Crippen LogP contribution in [0.15, 0.2) is 24.3 Å². The SMILES string of the molecule is C#Cc1ccc(OCC(CC)CC)cc1. The largest absolute Gasteiger partial charge is 0.493 e. The van der Waals surface area contributed by atoms with Crippen molar-refractivity contribution >= 4 is 0 Å². The van der Waals surface area contributed by atoms with Gasteiger partial charge in [-0.3, -0.25) is 0 Å². The Bertz CT molecular complexity index is 314. The Kier molecular flexibility index (Phi) is 4.77. The van der Waals surface area contributed by atoms with E-state index in [9.17, 15) is 0 Å². The summed E-state index contributed by atoms with van der Waals surface area (Å²) in [4.78, 5) is 0. The molecule has 0 N–H and O–H groups in total. The molecule has 0 heterocycles. The molecule has 0 aliphatic carbocycles. The molecule has 0 radical (unpaired) electrons. The normalized spacial score (nSPS) is 10.0. The summed E-state index contributed by atoms with van der Waals surface area (Å²) in [6, 6.07) is 7.67. The van der Waals surface area contributed by atoms with Crippen molar-refractivity contribution in [2.75, 3.05) is 6.61 Å². The van der Waals surface area contributed by atoms with Crippen LogP contribution >= 0.6 is 0 Å². The molecule has 80 valence electrons. The summed E-state index contributed by atoms with van der Waals surface area (Å²) in [5.74, 6) is 4.14. The van der Waals surface area contributed by atoms with E-state index in [0.717, 1.165) is 17.9 Å². The van der Waals surface area contributed by atoms with Crippen molar-refractivity contribution in [2.24, 2.45) is 5.92 Å². The van der Waals surface area contributed by atoms with E-state index in [4.69, 9.17) is 11.2 Å². The van der Waals surface area contributed by atoms with Gasteiger partial charge in [0.05, 0.1) is 6.61 Å². The first kappa shape index (κ1) is 11.7. The van der Waals surface area contributed by atoms with E-state index in [1.807, 2.05) is 24.3 Å². The fourth-order valence-electron chi connectivity index (χ4n) is 1.39. The van der Waals surface area contributed by atoms with Crippen LogP contribution in [0.3, 0.4) is 0 Å². The number of terminal acetylenes is 1. The maximum atomic E-state index is 5.68. The first-order chi connectivity index (χ1) is 7.30. The maximum Gasteiger partial charge on any atom is 0.119 e. The van der Waals surface area contributed by atoms with Crippen LogP contribution in [-0.4, -0.2) is 6.61 Å². The van der Waals surface area contributed by atoms with Gasteiger partial charge in [0.25, 0.3) is 0 Å². The molecule has 1 aromatic rings. The minimum absolute atomic E-state index is 0.650. The summed E-state index contributed by atoms with van der Waals surface area (Å²) in [5, 5.41) is 0. The summed E-state index contributed by atoms with van der Waals surface area (Å²) < 4.78 is 5.68. The van der Waals surface area contributed by atoms with Crippen molar-refractivity contribution in [1.82, 2.24) is 0 Å². The Morgan fingerprint density at radius 2 is 1.80 bits per heavy atom. The van der Waals surface area contributed by atoms with Gasteiger partial charge in [0.2, 0.25) is 0 Å². The summed E-state index contributed by atoms with van der Waals surface area (Å²) in [6.07, 6.45) is 7.61. The van der Waals surface area contributed by atoms with Gasteiger partial charge in [0.15, 0.2) is 0 Å². The zero-order chi connectivity index (χ0) is 11.1. The zero-order valence-corrected chi connectivity index (χ0v) is 9.49. The monoisotopic (exact) mass is 202 g/mol. The Balaban J connectivity index is 2.48. The molecule has 0 aromatic heterocycles. The van der Waals surface area contributed by atoms with Crippen molar-refractivity contribution in [2.45, 2.75) is 26.7 Å². The van der Waals surface area contributed by atoms with E-state index < -0.39 is 0 Å². The van der Waals surface area contributed by atoms with Gasteiger partial charge in [0.1, 0.15) is 5.75 Å². The van der Waals surface area contributed by atoms with Crippen molar-refractivity contribution in [3.8, 4) is 18.1 Å². The number of benzene rings is 1. The predicted octanol–water partition coefficient (Wildman–Crippen LogP) is 3.48. The van der Waals surface area contributed by atoms with Crippen molar-refractivity contribution in [1.29, 1.82) is 0 Å². The van der Waals surface area contributed by atoms with Gasteiger partial charge in [-0.15, -0.1) is 6.42 Å². The Morgan fingerprint density at radius 3 is 2.27 bits per heavy atom. The highest BCUT2D eigenvalue weighted by molar-refractivity contribution is 5.36. The first-order valence-corrected chi connectivity index (χ1v) is 5.49. The van der Waals surface area contributed by atoms with Crippen molar-refractivity contribution < 1.29 is 4.74 Å². The molecule has 0 bridgehead atoms. The molecule has 1 nitrogen and oxygen atoms in total. The van der Waals surface area contributed by atoms with Gasteiger partial charge in [-0.1, -0.05) is 32.6 Å². The number of hydrogen-bond donors (Lipinski definition) is 0. The van der Waals surface area contributed by atoms with Crippen molar-refractivity contribution in [3.05, 3.63) is 29.8 Å². The Hall–Kier alpha value is -1.42. The lowest BCUT2D eigenvalue weighted by atomic mass is 10.1. The topological polar surface area (TPSA) is 9.23 Å². The summed E-state index contributed by atoms with van der Waals surface area (Å²) in [7, 11) is 0. The summed E-state index contributed by atoms with van der Waals surface area (Å²) >= 11 is 0. The minimum Gasteiger partial charge on any atom is -0.493 e. The lowest BCUT2D eigenvalue weighted by Gasteiger charge is -2.13. The van der Waals surface area contributed by atoms with E-state index in [-0.39, 0.29) is 0 Å². The van der Waals surface area contributed by atoms with E-state index in [1.54, 1.807) is 0 Å². The number of hydrogen-bond acceptors (Lipinski definition) is 1. The first-order valence-electron chi connectivity index (χ1n) is 5.49. The third-order valence-electron chi connectivity index (χ3n) is 2.66. The second kappa shape index (κ2) is 6.14. The Labute approximate surface area is 92.5 Å². The molecule has 0 spiro atoms. The molecule has 0 amide bonds. The maximum absolute atomic E-state index is 5.68. The predicted molar refractivity (Wildman–Crippen MR) is 63.9 cm³/mol. The van der Waals surface area contributed by atoms with Gasteiger partial charge >= 0.3 is 0 Å². The summed E-state index contributed by atoms with van der Waals surface area (Å²) in [5.41, 5.74) is 0.893. The fourth-order valence-corrected chi connectivity index (χ4v) is 1.39. The lowest BCUT2D eigenvalue weighted by molar-refractivity contribution is 0.240. The molecule has 0 atom stereocenters. The van der Waals surface area contributed by atoms with Gasteiger partial charge < -0.3 is 4.74 Å². The van der Waals surface area contributed by atoms with Crippen LogP contribution in [0.5, 0.6) is 5.75 Å². The van der Waals surface area contributed by atoms with Crippen LogP contribution in [0.2, 0.25) is 0 Å². The molecular weight excluding hydrogens is 184 g/mol. The third-order valence-corrected chi connectivity index (χ3v) is 2.66. The van der Waals surface area contributed by atoms with E-state index in [2.05, 4.69) is 19.8 Å². The molecule has 1 aromatic carbocycles. The molecule has 0 aliphatic rings. The highest BCUT2D eigenvalue weighted by Crippen LogP contribution is 2.15. The van der Waals surface area contributed by atoms with Crippen LogP contribution in [0.25, 0.3) is 0 Å². The third kappa shape index (κ3) is 3.67. The highest BCUT2D eigenvalue weighted by atomic mass is 16.5. The van der Waals surface area contributed by atoms with Gasteiger partial charge in [-0.05, 0) is 30.2 Å². The summed E-state index contributed by atoms with van der Waals surface area (Å²) in [6.45, 7) is 5.18. The quantitative estimate of drug-likeness (QED) is 0.664. The van der Waals surface area contributed by atoms with E-state index in [1.165, 1.54) is 12.8 Å². The fraction of sp³-hybridized carbons (Fsp3) is 0.429. The van der Waals surface area contributed by atoms with Gasteiger partial charge in [-0.2, -0.15) is 0 Å². The molecule has 0 saturated carbocycles. The molecule has 1 rings (SSSR count). The molecule has 0 unspecified atom stereocenters. The smallest absolute Gasteiger partial charge is 0.119 e. The number of ether oxygens (including phenoxy) is 1. The van der Waals surface area contributed by atoms with Crippen LogP contribution in [-0.2, 0) is 0 Å².